The van der Waals surface area contributed by atoms with Crippen LogP contribution in [-0.4, -0.2) is 5.11 Å². The van der Waals surface area contributed by atoms with Gasteiger partial charge in [0.2, 0.25) is 0 Å². The van der Waals surface area contributed by atoms with E-state index in [2.05, 4.69) is 0 Å². The highest BCUT2D eigenvalue weighted by Crippen LogP contribution is 2.28. The molecule has 0 heterocycles. The predicted molar refractivity (Wildman–Crippen MR) is 76.3 cm³/mol. The molecule has 0 aliphatic rings. The Morgan fingerprint density at radius 3 is 2.39 bits per heavy atom. The van der Waals surface area contributed by atoms with E-state index in [1.807, 2.05) is 31.2 Å². The number of aliphatic hydroxyl groups excluding tert-OH is 1. The van der Waals surface area contributed by atoms with Crippen LogP contribution in [-0.2, 0) is 6.42 Å². The van der Waals surface area contributed by atoms with Gasteiger partial charge in [0.25, 0.3) is 0 Å². The number of benzene rings is 2. The quantitative estimate of drug-likeness (QED) is 0.873. The summed E-state index contributed by atoms with van der Waals surface area (Å²) >= 11 is 12.0. The Kier molecular flexibility index (Phi) is 4.28. The van der Waals surface area contributed by atoms with Gasteiger partial charge < -0.3 is 5.11 Å². The average molecular weight is 281 g/mol. The molecule has 0 saturated carbocycles. The highest BCUT2D eigenvalue weighted by atomic mass is 35.5. The summed E-state index contributed by atoms with van der Waals surface area (Å²) in [5.74, 6) is 0. The van der Waals surface area contributed by atoms with Gasteiger partial charge in [-0.15, -0.1) is 0 Å². The van der Waals surface area contributed by atoms with Crippen molar-refractivity contribution in [3.8, 4) is 0 Å². The van der Waals surface area contributed by atoms with Crippen molar-refractivity contribution in [2.24, 2.45) is 0 Å². The fraction of sp³-hybridized carbons (Fsp3) is 0.200. The first-order chi connectivity index (χ1) is 8.56. The zero-order valence-corrected chi connectivity index (χ0v) is 11.5. The summed E-state index contributed by atoms with van der Waals surface area (Å²) in [5, 5.41) is 11.3. The largest absolute Gasteiger partial charge is 0.388 e. The molecule has 2 aromatic rings. The van der Waals surface area contributed by atoms with E-state index in [-0.39, 0.29) is 0 Å². The van der Waals surface area contributed by atoms with Crippen LogP contribution in [0.4, 0.5) is 0 Å². The van der Waals surface area contributed by atoms with Gasteiger partial charge in [0.05, 0.1) is 6.10 Å². The molecule has 0 aliphatic heterocycles. The molecule has 0 bridgehead atoms. The van der Waals surface area contributed by atoms with Crippen molar-refractivity contribution < 1.29 is 5.11 Å². The van der Waals surface area contributed by atoms with Gasteiger partial charge in [-0.05, 0) is 30.7 Å². The molecule has 18 heavy (non-hydrogen) atoms. The van der Waals surface area contributed by atoms with Crippen molar-refractivity contribution in [3.05, 3.63) is 69.2 Å². The molecule has 0 spiro atoms. The van der Waals surface area contributed by atoms with Crippen LogP contribution in [0.1, 0.15) is 22.8 Å². The predicted octanol–water partition coefficient (Wildman–Crippen LogP) is 4.58. The second kappa shape index (κ2) is 5.75. The number of halogens is 2. The maximum absolute atomic E-state index is 10.2. The van der Waals surface area contributed by atoms with Crippen molar-refractivity contribution in [1.82, 2.24) is 0 Å². The van der Waals surface area contributed by atoms with E-state index in [0.717, 1.165) is 5.56 Å². The molecule has 0 amide bonds. The Labute approximate surface area is 117 Å². The highest BCUT2D eigenvalue weighted by Gasteiger charge is 2.12. The van der Waals surface area contributed by atoms with Crippen LogP contribution in [0, 0.1) is 6.92 Å². The third kappa shape index (κ3) is 3.26. The van der Waals surface area contributed by atoms with E-state index in [1.54, 1.807) is 18.2 Å². The molecule has 0 radical (unpaired) electrons. The molecule has 3 heteroatoms. The smallest absolute Gasteiger partial charge is 0.0845 e. The standard InChI is InChI=1S/C15H14Cl2O/c1-10-2-4-11(5-3-10)8-15(18)13-9-12(16)6-7-14(13)17/h2-7,9,15,18H,8H2,1H3. The van der Waals surface area contributed by atoms with Gasteiger partial charge in [-0.1, -0.05) is 53.0 Å². The van der Waals surface area contributed by atoms with Crippen LogP contribution in [0.5, 0.6) is 0 Å². The maximum Gasteiger partial charge on any atom is 0.0845 e. The van der Waals surface area contributed by atoms with Crippen molar-refractivity contribution in [1.29, 1.82) is 0 Å². The molecule has 0 aliphatic carbocycles. The van der Waals surface area contributed by atoms with E-state index in [0.29, 0.717) is 22.0 Å². The van der Waals surface area contributed by atoms with Crippen molar-refractivity contribution in [2.45, 2.75) is 19.4 Å². The second-order valence-corrected chi connectivity index (χ2v) is 5.21. The second-order valence-electron chi connectivity index (χ2n) is 4.37. The molecule has 0 fully saturated rings. The molecule has 0 aromatic heterocycles. The fourth-order valence-corrected chi connectivity index (χ4v) is 2.25. The fourth-order valence-electron chi connectivity index (χ4n) is 1.83. The number of rotatable bonds is 3. The minimum Gasteiger partial charge on any atom is -0.388 e. The summed E-state index contributed by atoms with van der Waals surface area (Å²) in [6, 6.07) is 13.2. The van der Waals surface area contributed by atoms with Crippen molar-refractivity contribution in [2.75, 3.05) is 0 Å². The van der Waals surface area contributed by atoms with Crippen molar-refractivity contribution in [3.63, 3.8) is 0 Å². The van der Waals surface area contributed by atoms with Gasteiger partial charge in [-0.2, -0.15) is 0 Å². The summed E-state index contributed by atoms with van der Waals surface area (Å²) in [6.07, 6.45) is -0.112. The van der Waals surface area contributed by atoms with Crippen molar-refractivity contribution >= 4 is 23.2 Å². The molecule has 2 rings (SSSR count). The van der Waals surface area contributed by atoms with Crippen LogP contribution in [0.2, 0.25) is 10.0 Å². The minimum absolute atomic E-state index is 0.528. The third-order valence-electron chi connectivity index (χ3n) is 2.87. The van der Waals surface area contributed by atoms with E-state index < -0.39 is 6.10 Å². The van der Waals surface area contributed by atoms with Crippen LogP contribution in [0.3, 0.4) is 0 Å². The lowest BCUT2D eigenvalue weighted by Gasteiger charge is -2.13. The summed E-state index contributed by atoms with van der Waals surface area (Å²) in [7, 11) is 0. The Morgan fingerprint density at radius 1 is 1.06 bits per heavy atom. The van der Waals surface area contributed by atoms with Gasteiger partial charge >= 0.3 is 0 Å². The normalized spacial score (nSPS) is 12.4. The van der Waals surface area contributed by atoms with Gasteiger partial charge in [0.15, 0.2) is 0 Å². The monoisotopic (exact) mass is 280 g/mol. The van der Waals surface area contributed by atoms with E-state index in [9.17, 15) is 5.11 Å². The lowest BCUT2D eigenvalue weighted by molar-refractivity contribution is 0.178. The number of hydrogen-bond acceptors (Lipinski definition) is 1. The maximum atomic E-state index is 10.2. The van der Waals surface area contributed by atoms with E-state index >= 15 is 0 Å². The van der Waals surface area contributed by atoms with E-state index in [1.165, 1.54) is 5.56 Å². The number of aryl methyl sites for hydroxylation is 1. The van der Waals surface area contributed by atoms with Crippen LogP contribution < -0.4 is 0 Å². The highest BCUT2D eigenvalue weighted by molar-refractivity contribution is 6.33. The summed E-state index contributed by atoms with van der Waals surface area (Å²) in [4.78, 5) is 0. The average Bonchev–Trinajstić information content (AvgIpc) is 2.35. The first-order valence-electron chi connectivity index (χ1n) is 5.75. The van der Waals surface area contributed by atoms with Gasteiger partial charge in [0, 0.05) is 22.0 Å². The topological polar surface area (TPSA) is 20.2 Å². The molecule has 1 unspecified atom stereocenters. The summed E-state index contributed by atoms with van der Waals surface area (Å²) in [5.41, 5.74) is 2.95. The third-order valence-corrected chi connectivity index (χ3v) is 3.45. The Bertz CT molecular complexity index is 535. The van der Waals surface area contributed by atoms with Gasteiger partial charge in [-0.25, -0.2) is 0 Å². The Morgan fingerprint density at radius 2 is 1.72 bits per heavy atom. The molecule has 0 saturated heterocycles. The van der Waals surface area contributed by atoms with Crippen LogP contribution >= 0.6 is 23.2 Å². The first kappa shape index (κ1) is 13.4. The van der Waals surface area contributed by atoms with Gasteiger partial charge in [0.1, 0.15) is 0 Å². The molecular formula is C15H14Cl2O. The molecule has 2 aromatic carbocycles. The van der Waals surface area contributed by atoms with Crippen LogP contribution in [0.25, 0.3) is 0 Å². The zero-order valence-electron chi connectivity index (χ0n) is 10.0. The summed E-state index contributed by atoms with van der Waals surface area (Å²) < 4.78 is 0. The number of aliphatic hydroxyl groups is 1. The molecule has 1 nitrogen and oxygen atoms in total. The molecule has 1 atom stereocenters. The summed E-state index contributed by atoms with van der Waals surface area (Å²) in [6.45, 7) is 2.04. The lowest BCUT2D eigenvalue weighted by Crippen LogP contribution is -2.02. The zero-order chi connectivity index (χ0) is 13.1. The van der Waals surface area contributed by atoms with E-state index in [4.69, 9.17) is 23.2 Å². The Balaban J connectivity index is 2.18. The molecule has 94 valence electrons. The number of hydrogen-bond donors (Lipinski definition) is 1. The Hall–Kier alpha value is -1.02. The first-order valence-corrected chi connectivity index (χ1v) is 6.50. The molecule has 1 N–H and O–H groups in total. The van der Waals surface area contributed by atoms with Gasteiger partial charge in [-0.3, -0.25) is 0 Å². The molecular weight excluding hydrogens is 267 g/mol. The minimum atomic E-state index is -0.640. The SMILES string of the molecule is Cc1ccc(CC(O)c2cc(Cl)ccc2Cl)cc1. The lowest BCUT2D eigenvalue weighted by atomic mass is 10.0. The van der Waals surface area contributed by atoms with Crippen LogP contribution in [0.15, 0.2) is 42.5 Å².